The first-order valence-electron chi connectivity index (χ1n) is 7.22. The standard InChI is InChI=1S/C16H22FN3O/c1-4-20-11-13(10-19-20)7-8-18-12(2)14-5-6-16(21-3)15(17)9-14/h5-6,9-12,18H,4,7-8H2,1-3H3/t12-/m1/s1. The molecule has 2 rings (SSSR count). The minimum Gasteiger partial charge on any atom is -0.494 e. The molecule has 0 spiro atoms. The van der Waals surface area contributed by atoms with E-state index in [1.807, 2.05) is 23.9 Å². The second kappa shape index (κ2) is 7.22. The van der Waals surface area contributed by atoms with Gasteiger partial charge in [-0.3, -0.25) is 4.68 Å². The first-order valence-corrected chi connectivity index (χ1v) is 7.22. The lowest BCUT2D eigenvalue weighted by Crippen LogP contribution is -2.21. The van der Waals surface area contributed by atoms with E-state index >= 15 is 0 Å². The fourth-order valence-electron chi connectivity index (χ4n) is 2.21. The largest absolute Gasteiger partial charge is 0.494 e. The summed E-state index contributed by atoms with van der Waals surface area (Å²) in [5, 5.41) is 7.64. The van der Waals surface area contributed by atoms with Crippen molar-refractivity contribution in [2.75, 3.05) is 13.7 Å². The maximum atomic E-state index is 13.7. The maximum absolute atomic E-state index is 13.7. The minimum absolute atomic E-state index is 0.0895. The number of hydrogen-bond acceptors (Lipinski definition) is 3. The molecule has 0 aliphatic heterocycles. The van der Waals surface area contributed by atoms with Crippen molar-refractivity contribution >= 4 is 0 Å². The van der Waals surface area contributed by atoms with Crippen LogP contribution in [0.15, 0.2) is 30.6 Å². The number of methoxy groups -OCH3 is 1. The van der Waals surface area contributed by atoms with Gasteiger partial charge in [-0.1, -0.05) is 6.07 Å². The van der Waals surface area contributed by atoms with Crippen LogP contribution in [0.5, 0.6) is 5.75 Å². The van der Waals surface area contributed by atoms with E-state index in [0.717, 1.165) is 25.1 Å². The van der Waals surface area contributed by atoms with E-state index in [9.17, 15) is 4.39 Å². The number of halogens is 1. The zero-order valence-corrected chi connectivity index (χ0v) is 12.8. The number of rotatable bonds is 7. The van der Waals surface area contributed by atoms with Gasteiger partial charge in [0, 0.05) is 18.8 Å². The molecule has 4 nitrogen and oxygen atoms in total. The lowest BCUT2D eigenvalue weighted by Gasteiger charge is -2.14. The summed E-state index contributed by atoms with van der Waals surface area (Å²) in [6, 6.07) is 5.15. The van der Waals surface area contributed by atoms with Gasteiger partial charge in [0.2, 0.25) is 0 Å². The van der Waals surface area contributed by atoms with Crippen LogP contribution < -0.4 is 10.1 Å². The summed E-state index contributed by atoms with van der Waals surface area (Å²) in [5.41, 5.74) is 2.12. The van der Waals surface area contributed by atoms with Crippen molar-refractivity contribution in [3.8, 4) is 5.75 Å². The van der Waals surface area contributed by atoms with Crippen molar-refractivity contribution in [2.24, 2.45) is 0 Å². The van der Waals surface area contributed by atoms with Gasteiger partial charge in [0.05, 0.1) is 13.3 Å². The Kier molecular flexibility index (Phi) is 5.33. The molecule has 21 heavy (non-hydrogen) atoms. The Morgan fingerprint density at radius 3 is 2.86 bits per heavy atom. The average Bonchev–Trinajstić information content (AvgIpc) is 2.95. The summed E-state index contributed by atoms with van der Waals surface area (Å²) < 4.78 is 20.5. The topological polar surface area (TPSA) is 39.1 Å². The lowest BCUT2D eigenvalue weighted by molar-refractivity contribution is 0.385. The number of aromatic nitrogens is 2. The molecule has 1 aromatic heterocycles. The molecule has 1 N–H and O–H groups in total. The Bertz CT molecular complexity index is 583. The van der Waals surface area contributed by atoms with Gasteiger partial charge in [-0.15, -0.1) is 0 Å². The number of hydrogen-bond donors (Lipinski definition) is 1. The summed E-state index contributed by atoms with van der Waals surface area (Å²) in [5.74, 6) is -0.0502. The summed E-state index contributed by atoms with van der Waals surface area (Å²) in [7, 11) is 1.47. The third kappa shape index (κ3) is 4.04. The normalized spacial score (nSPS) is 12.4. The van der Waals surface area contributed by atoms with Crippen LogP contribution in [0, 0.1) is 5.82 Å². The number of aryl methyl sites for hydroxylation is 1. The van der Waals surface area contributed by atoms with Crippen molar-refractivity contribution in [3.63, 3.8) is 0 Å². The number of benzene rings is 1. The van der Waals surface area contributed by atoms with Gasteiger partial charge < -0.3 is 10.1 Å². The van der Waals surface area contributed by atoms with Crippen molar-refractivity contribution in [1.82, 2.24) is 15.1 Å². The highest BCUT2D eigenvalue weighted by Crippen LogP contribution is 2.21. The lowest BCUT2D eigenvalue weighted by atomic mass is 10.1. The molecular formula is C16H22FN3O. The van der Waals surface area contributed by atoms with Gasteiger partial charge in [-0.25, -0.2) is 4.39 Å². The molecule has 0 saturated carbocycles. The Morgan fingerprint density at radius 2 is 2.24 bits per heavy atom. The molecule has 0 aliphatic carbocycles. The Labute approximate surface area is 124 Å². The van der Waals surface area contributed by atoms with E-state index in [0.29, 0.717) is 0 Å². The summed E-state index contributed by atoms with van der Waals surface area (Å²) in [4.78, 5) is 0. The average molecular weight is 291 g/mol. The van der Waals surface area contributed by atoms with Crippen LogP contribution in [0.25, 0.3) is 0 Å². The summed E-state index contributed by atoms with van der Waals surface area (Å²) >= 11 is 0. The van der Waals surface area contributed by atoms with Crippen LogP contribution in [0.1, 0.15) is 31.0 Å². The zero-order chi connectivity index (χ0) is 15.2. The molecule has 5 heteroatoms. The monoisotopic (exact) mass is 291 g/mol. The molecule has 0 aliphatic rings. The van der Waals surface area contributed by atoms with Gasteiger partial charge in [-0.2, -0.15) is 5.10 Å². The van der Waals surface area contributed by atoms with Crippen LogP contribution in [0.4, 0.5) is 4.39 Å². The van der Waals surface area contributed by atoms with E-state index in [2.05, 4.69) is 23.5 Å². The fraction of sp³-hybridized carbons (Fsp3) is 0.438. The van der Waals surface area contributed by atoms with Crippen LogP contribution >= 0.6 is 0 Å². The quantitative estimate of drug-likeness (QED) is 0.852. The van der Waals surface area contributed by atoms with Gasteiger partial charge in [-0.05, 0) is 50.1 Å². The van der Waals surface area contributed by atoms with E-state index in [4.69, 9.17) is 4.74 Å². The van der Waals surface area contributed by atoms with E-state index in [-0.39, 0.29) is 17.6 Å². The number of ether oxygens (including phenoxy) is 1. The number of nitrogens with one attached hydrogen (secondary N) is 1. The van der Waals surface area contributed by atoms with Gasteiger partial charge in [0.25, 0.3) is 0 Å². The van der Waals surface area contributed by atoms with Crippen molar-refractivity contribution < 1.29 is 9.13 Å². The Morgan fingerprint density at radius 1 is 1.43 bits per heavy atom. The molecule has 0 amide bonds. The van der Waals surface area contributed by atoms with Crippen molar-refractivity contribution in [3.05, 3.63) is 47.5 Å². The van der Waals surface area contributed by atoms with E-state index in [1.54, 1.807) is 6.07 Å². The van der Waals surface area contributed by atoms with Crippen LogP contribution in [-0.2, 0) is 13.0 Å². The predicted octanol–water partition coefficient (Wildman–Crippen LogP) is 2.94. The molecule has 0 bridgehead atoms. The first kappa shape index (κ1) is 15.5. The molecular weight excluding hydrogens is 269 g/mol. The highest BCUT2D eigenvalue weighted by molar-refractivity contribution is 5.30. The van der Waals surface area contributed by atoms with Crippen LogP contribution in [0.2, 0.25) is 0 Å². The zero-order valence-electron chi connectivity index (χ0n) is 12.8. The van der Waals surface area contributed by atoms with E-state index in [1.165, 1.54) is 18.7 Å². The minimum atomic E-state index is -0.326. The van der Waals surface area contributed by atoms with Gasteiger partial charge >= 0.3 is 0 Å². The molecule has 0 saturated heterocycles. The molecule has 0 radical (unpaired) electrons. The van der Waals surface area contributed by atoms with Crippen molar-refractivity contribution in [2.45, 2.75) is 32.9 Å². The fourth-order valence-corrected chi connectivity index (χ4v) is 2.21. The van der Waals surface area contributed by atoms with Crippen molar-refractivity contribution in [1.29, 1.82) is 0 Å². The first-order chi connectivity index (χ1) is 10.1. The number of nitrogens with zero attached hydrogens (tertiary/aromatic N) is 2. The van der Waals surface area contributed by atoms with Crippen LogP contribution in [-0.4, -0.2) is 23.4 Å². The predicted molar refractivity (Wildman–Crippen MR) is 81.0 cm³/mol. The van der Waals surface area contributed by atoms with Crippen LogP contribution in [0.3, 0.4) is 0 Å². The Hall–Kier alpha value is -1.88. The highest BCUT2D eigenvalue weighted by Gasteiger charge is 2.09. The molecule has 1 heterocycles. The second-order valence-electron chi connectivity index (χ2n) is 5.02. The van der Waals surface area contributed by atoms with Gasteiger partial charge in [0.1, 0.15) is 0 Å². The maximum Gasteiger partial charge on any atom is 0.165 e. The second-order valence-corrected chi connectivity index (χ2v) is 5.02. The molecule has 0 unspecified atom stereocenters. The highest BCUT2D eigenvalue weighted by atomic mass is 19.1. The summed E-state index contributed by atoms with van der Waals surface area (Å²) in [6.45, 7) is 5.80. The molecule has 0 fully saturated rings. The molecule has 114 valence electrons. The smallest absolute Gasteiger partial charge is 0.165 e. The third-order valence-corrected chi connectivity index (χ3v) is 3.55. The Balaban J connectivity index is 1.86. The van der Waals surface area contributed by atoms with E-state index < -0.39 is 0 Å². The molecule has 2 aromatic rings. The summed E-state index contributed by atoms with van der Waals surface area (Å²) in [6.07, 6.45) is 4.85. The molecule has 1 atom stereocenters. The third-order valence-electron chi connectivity index (χ3n) is 3.55. The molecule has 1 aromatic carbocycles. The van der Waals surface area contributed by atoms with Gasteiger partial charge in [0.15, 0.2) is 11.6 Å². The SMILES string of the molecule is CCn1cc(CCN[C@H](C)c2ccc(OC)c(F)c2)cn1.